The minimum absolute atomic E-state index is 0.360. The lowest BCUT2D eigenvalue weighted by Crippen LogP contribution is -2.35. The SMILES string of the molecule is C=NC(=NCCN1CCC(CCc2ccc(C3=CCC(CN4CCC(=NCC)C4)CC3)cc2)CC1)C(C)C. The van der Waals surface area contributed by atoms with Gasteiger partial charge in [-0.2, -0.15) is 0 Å². The Bertz CT molecular complexity index is 966. The molecule has 0 N–H and O–H groups in total. The molecule has 2 saturated heterocycles. The third kappa shape index (κ3) is 8.71. The van der Waals surface area contributed by atoms with E-state index in [0.717, 1.165) is 43.9 Å². The van der Waals surface area contributed by atoms with Crippen LogP contribution in [-0.4, -0.2) is 80.4 Å². The van der Waals surface area contributed by atoms with E-state index in [1.54, 1.807) is 5.57 Å². The first-order valence-corrected chi connectivity index (χ1v) is 15.3. The largest absolute Gasteiger partial charge is 0.301 e. The highest BCUT2D eigenvalue weighted by Gasteiger charge is 2.23. The van der Waals surface area contributed by atoms with Crippen LogP contribution >= 0.6 is 0 Å². The van der Waals surface area contributed by atoms with Gasteiger partial charge in [0.15, 0.2) is 0 Å². The molecule has 1 atom stereocenters. The topological polar surface area (TPSA) is 43.6 Å². The number of hydrogen-bond acceptors (Lipinski definition) is 4. The maximum Gasteiger partial charge on any atom is 0.125 e. The van der Waals surface area contributed by atoms with E-state index in [9.17, 15) is 0 Å². The lowest BCUT2D eigenvalue weighted by atomic mass is 9.85. The summed E-state index contributed by atoms with van der Waals surface area (Å²) < 4.78 is 0. The molecule has 2 aliphatic heterocycles. The number of aryl methyl sites for hydroxylation is 1. The van der Waals surface area contributed by atoms with Gasteiger partial charge < -0.3 is 4.90 Å². The summed E-state index contributed by atoms with van der Waals surface area (Å²) in [6.45, 7) is 18.8. The van der Waals surface area contributed by atoms with Crippen molar-refractivity contribution in [1.29, 1.82) is 0 Å². The normalized spacial score (nSPS) is 23.4. The smallest absolute Gasteiger partial charge is 0.125 e. The van der Waals surface area contributed by atoms with Crippen molar-refractivity contribution < 1.29 is 0 Å². The first-order chi connectivity index (χ1) is 18.5. The first-order valence-electron chi connectivity index (χ1n) is 15.3. The number of aliphatic imine (C=N–C) groups is 3. The zero-order valence-electron chi connectivity index (χ0n) is 24.4. The number of amidine groups is 1. The van der Waals surface area contributed by atoms with Crippen molar-refractivity contribution in [3.63, 3.8) is 0 Å². The predicted molar refractivity (Wildman–Crippen MR) is 165 cm³/mol. The highest BCUT2D eigenvalue weighted by molar-refractivity contribution is 5.88. The average molecular weight is 518 g/mol. The molecular formula is C33H51N5. The quantitative estimate of drug-likeness (QED) is 0.251. The van der Waals surface area contributed by atoms with E-state index in [1.807, 2.05) is 0 Å². The van der Waals surface area contributed by atoms with Crippen LogP contribution < -0.4 is 0 Å². The summed E-state index contributed by atoms with van der Waals surface area (Å²) in [6.07, 6.45) is 12.6. The molecule has 1 aromatic rings. The van der Waals surface area contributed by atoms with E-state index in [4.69, 9.17) is 0 Å². The molecule has 1 unspecified atom stereocenters. The van der Waals surface area contributed by atoms with Crippen molar-refractivity contribution in [2.75, 3.05) is 52.4 Å². The fourth-order valence-electron chi connectivity index (χ4n) is 6.37. The fourth-order valence-corrected chi connectivity index (χ4v) is 6.37. The molecule has 1 aliphatic carbocycles. The van der Waals surface area contributed by atoms with E-state index in [-0.39, 0.29) is 0 Å². The van der Waals surface area contributed by atoms with Crippen molar-refractivity contribution >= 4 is 23.8 Å². The first kappa shape index (κ1) is 28.9. The predicted octanol–water partition coefficient (Wildman–Crippen LogP) is 6.44. The summed E-state index contributed by atoms with van der Waals surface area (Å²) in [4.78, 5) is 18.5. The molecular weight excluding hydrogens is 466 g/mol. The Morgan fingerprint density at radius 2 is 1.79 bits per heavy atom. The molecule has 4 rings (SSSR count). The molecule has 208 valence electrons. The van der Waals surface area contributed by atoms with E-state index in [2.05, 4.69) is 82.6 Å². The van der Waals surface area contributed by atoms with Gasteiger partial charge in [-0.05, 0) is 107 Å². The van der Waals surface area contributed by atoms with Crippen LogP contribution in [0.3, 0.4) is 0 Å². The molecule has 0 amide bonds. The lowest BCUT2D eigenvalue weighted by Gasteiger charge is -2.31. The minimum atomic E-state index is 0.360. The molecule has 0 saturated carbocycles. The van der Waals surface area contributed by atoms with E-state index >= 15 is 0 Å². The molecule has 0 radical (unpaired) electrons. The number of hydrogen-bond donors (Lipinski definition) is 0. The maximum atomic E-state index is 4.64. The van der Waals surface area contributed by atoms with Gasteiger partial charge in [-0.15, -0.1) is 0 Å². The maximum absolute atomic E-state index is 4.64. The minimum Gasteiger partial charge on any atom is -0.301 e. The van der Waals surface area contributed by atoms with Gasteiger partial charge in [-0.3, -0.25) is 14.9 Å². The molecule has 3 aliphatic rings. The van der Waals surface area contributed by atoms with Crippen molar-refractivity contribution in [2.24, 2.45) is 32.7 Å². The Morgan fingerprint density at radius 1 is 1.00 bits per heavy atom. The van der Waals surface area contributed by atoms with Crippen LogP contribution in [0.4, 0.5) is 0 Å². The van der Waals surface area contributed by atoms with Crippen LogP contribution in [0.15, 0.2) is 45.3 Å². The molecule has 5 heteroatoms. The molecule has 2 heterocycles. The van der Waals surface area contributed by atoms with Gasteiger partial charge in [0.25, 0.3) is 0 Å². The Hall–Kier alpha value is -2.11. The molecule has 38 heavy (non-hydrogen) atoms. The highest BCUT2D eigenvalue weighted by atomic mass is 15.2. The molecule has 5 nitrogen and oxygen atoms in total. The molecule has 1 aromatic carbocycles. The van der Waals surface area contributed by atoms with E-state index in [0.29, 0.717) is 5.92 Å². The lowest BCUT2D eigenvalue weighted by molar-refractivity contribution is 0.183. The summed E-state index contributed by atoms with van der Waals surface area (Å²) in [5, 5.41) is 0. The highest BCUT2D eigenvalue weighted by Crippen LogP contribution is 2.31. The number of allylic oxidation sites excluding steroid dienone is 2. The van der Waals surface area contributed by atoms with Crippen LogP contribution in [0.25, 0.3) is 5.57 Å². The second-order valence-corrected chi connectivity index (χ2v) is 12.0. The number of likely N-dealkylation sites (tertiary alicyclic amines) is 2. The van der Waals surface area contributed by atoms with Gasteiger partial charge in [0.1, 0.15) is 5.84 Å². The van der Waals surface area contributed by atoms with E-state index < -0.39 is 0 Å². The average Bonchev–Trinajstić information content (AvgIpc) is 3.38. The van der Waals surface area contributed by atoms with Crippen LogP contribution in [0.2, 0.25) is 0 Å². The zero-order chi connectivity index (χ0) is 26.7. The van der Waals surface area contributed by atoms with Crippen LogP contribution in [0.5, 0.6) is 0 Å². The molecule has 0 aromatic heterocycles. The fraction of sp³-hybridized carbons (Fsp3) is 0.667. The third-order valence-corrected chi connectivity index (χ3v) is 8.78. The molecule has 0 spiro atoms. The molecule has 2 fully saturated rings. The zero-order valence-corrected chi connectivity index (χ0v) is 24.4. The number of rotatable bonds is 11. The van der Waals surface area contributed by atoms with Crippen LogP contribution in [0, 0.1) is 17.8 Å². The monoisotopic (exact) mass is 517 g/mol. The number of piperidine rings is 1. The van der Waals surface area contributed by atoms with Gasteiger partial charge in [0, 0.05) is 44.4 Å². The second-order valence-electron chi connectivity index (χ2n) is 12.0. The van der Waals surface area contributed by atoms with Crippen molar-refractivity contribution in [1.82, 2.24) is 9.80 Å². The summed E-state index contributed by atoms with van der Waals surface area (Å²) in [7, 11) is 0. The van der Waals surface area contributed by atoms with Gasteiger partial charge in [0.2, 0.25) is 0 Å². The van der Waals surface area contributed by atoms with Gasteiger partial charge >= 0.3 is 0 Å². The van der Waals surface area contributed by atoms with E-state index in [1.165, 1.54) is 94.4 Å². The van der Waals surface area contributed by atoms with Crippen LogP contribution in [0.1, 0.15) is 76.8 Å². The van der Waals surface area contributed by atoms with Crippen LogP contribution in [-0.2, 0) is 6.42 Å². The Balaban J connectivity index is 1.14. The van der Waals surface area contributed by atoms with Gasteiger partial charge in [0.05, 0.1) is 6.54 Å². The Kier molecular flexibility index (Phi) is 11.3. The summed E-state index contributed by atoms with van der Waals surface area (Å²) >= 11 is 0. The standard InChI is InChI=1S/C33H51N5/c1-5-35-32-18-22-38(25-32)24-29-10-14-31(15-11-29)30-12-8-27(9-13-30)6-7-28-16-20-37(21-17-28)23-19-36-33(34-4)26(2)3/h8-9,12-14,26,28-29H,4-7,10-11,15-25H2,1-3H3. The molecule has 0 bridgehead atoms. The second kappa shape index (κ2) is 14.9. The number of benzene rings is 1. The third-order valence-electron chi connectivity index (χ3n) is 8.78. The van der Waals surface area contributed by atoms with Crippen molar-refractivity contribution in [3.05, 3.63) is 41.5 Å². The summed E-state index contributed by atoms with van der Waals surface area (Å²) in [6, 6.07) is 9.52. The number of nitrogens with zero attached hydrogens (tertiary/aromatic N) is 5. The summed E-state index contributed by atoms with van der Waals surface area (Å²) in [5.74, 6) is 2.91. The Labute approximate surface area is 232 Å². The van der Waals surface area contributed by atoms with Gasteiger partial charge in [-0.25, -0.2) is 4.99 Å². The Morgan fingerprint density at radius 3 is 2.45 bits per heavy atom. The van der Waals surface area contributed by atoms with Crippen molar-refractivity contribution in [3.8, 4) is 0 Å². The summed E-state index contributed by atoms with van der Waals surface area (Å²) in [5.41, 5.74) is 5.90. The van der Waals surface area contributed by atoms with Crippen molar-refractivity contribution in [2.45, 2.75) is 72.1 Å². The van der Waals surface area contributed by atoms with Gasteiger partial charge in [-0.1, -0.05) is 44.2 Å².